The van der Waals surface area contributed by atoms with E-state index in [0.717, 1.165) is 5.57 Å². The molecule has 0 saturated heterocycles. The van der Waals surface area contributed by atoms with E-state index in [9.17, 15) is 5.26 Å². The van der Waals surface area contributed by atoms with Gasteiger partial charge in [0, 0.05) is 11.0 Å². The Bertz CT molecular complexity index is 534. The molecule has 0 unspecified atom stereocenters. The average molecular weight is 237 g/mol. The van der Waals surface area contributed by atoms with Crippen LogP contribution < -0.4 is 0 Å². The Labute approximate surface area is 109 Å². The Morgan fingerprint density at radius 2 is 1.94 bits per heavy atom. The second-order valence-electron chi connectivity index (χ2n) is 5.86. The van der Waals surface area contributed by atoms with Crippen molar-refractivity contribution < 1.29 is 0 Å². The summed E-state index contributed by atoms with van der Waals surface area (Å²) in [4.78, 5) is 0. The Balaban J connectivity index is 2.17. The van der Waals surface area contributed by atoms with E-state index in [2.05, 4.69) is 50.2 Å². The molecule has 1 aromatic carbocycles. The van der Waals surface area contributed by atoms with Crippen LogP contribution in [-0.2, 0) is 5.41 Å². The summed E-state index contributed by atoms with van der Waals surface area (Å²) in [5, 5.41) is 9.45. The molecule has 0 aromatic heterocycles. The SMILES string of the molecule is CC1=C(C#N)[C@H]2CCC[C@H]2[C@@]1(C)c1ccccc1. The molecule has 0 aliphatic heterocycles. The Kier molecular flexibility index (Phi) is 2.55. The van der Waals surface area contributed by atoms with E-state index in [4.69, 9.17) is 0 Å². The maximum absolute atomic E-state index is 9.45. The molecule has 0 spiro atoms. The summed E-state index contributed by atoms with van der Waals surface area (Å²) in [6, 6.07) is 13.2. The highest BCUT2D eigenvalue weighted by atomic mass is 14.5. The molecule has 92 valence electrons. The highest BCUT2D eigenvalue weighted by Crippen LogP contribution is 2.58. The van der Waals surface area contributed by atoms with Gasteiger partial charge in [-0.1, -0.05) is 43.7 Å². The second-order valence-corrected chi connectivity index (χ2v) is 5.86. The minimum absolute atomic E-state index is 0.0769. The van der Waals surface area contributed by atoms with Gasteiger partial charge < -0.3 is 0 Å². The maximum Gasteiger partial charge on any atom is 0.0949 e. The fourth-order valence-corrected chi connectivity index (χ4v) is 4.21. The second kappa shape index (κ2) is 3.99. The van der Waals surface area contributed by atoms with Gasteiger partial charge in [0.25, 0.3) is 0 Å². The molecule has 1 aromatic rings. The molecule has 0 heterocycles. The minimum atomic E-state index is 0.0769. The number of allylic oxidation sites excluding steroid dienone is 2. The third-order valence-electron chi connectivity index (χ3n) is 5.31. The van der Waals surface area contributed by atoms with E-state index in [1.54, 1.807) is 0 Å². The zero-order valence-corrected chi connectivity index (χ0v) is 11.1. The lowest BCUT2D eigenvalue weighted by atomic mass is 9.69. The summed E-state index contributed by atoms with van der Waals surface area (Å²) >= 11 is 0. The van der Waals surface area contributed by atoms with E-state index in [0.29, 0.717) is 11.8 Å². The molecule has 1 saturated carbocycles. The van der Waals surface area contributed by atoms with Crippen LogP contribution in [0.3, 0.4) is 0 Å². The highest BCUT2D eigenvalue weighted by Gasteiger charge is 2.51. The zero-order valence-electron chi connectivity index (χ0n) is 11.1. The number of nitrogens with zero attached hydrogens (tertiary/aromatic N) is 1. The van der Waals surface area contributed by atoms with Crippen molar-refractivity contribution in [3.8, 4) is 6.07 Å². The Morgan fingerprint density at radius 1 is 1.22 bits per heavy atom. The monoisotopic (exact) mass is 237 g/mol. The summed E-state index contributed by atoms with van der Waals surface area (Å²) in [6.07, 6.45) is 3.74. The van der Waals surface area contributed by atoms with Gasteiger partial charge in [-0.25, -0.2) is 0 Å². The highest BCUT2D eigenvalue weighted by molar-refractivity contribution is 5.49. The molecule has 1 fully saturated rings. The molecule has 18 heavy (non-hydrogen) atoms. The third-order valence-corrected chi connectivity index (χ3v) is 5.31. The van der Waals surface area contributed by atoms with Crippen molar-refractivity contribution in [3.63, 3.8) is 0 Å². The van der Waals surface area contributed by atoms with Crippen LogP contribution in [0.15, 0.2) is 41.5 Å². The molecule has 1 nitrogen and oxygen atoms in total. The fraction of sp³-hybridized carbons (Fsp3) is 0.471. The summed E-state index contributed by atoms with van der Waals surface area (Å²) < 4.78 is 0. The van der Waals surface area contributed by atoms with Crippen molar-refractivity contribution in [1.82, 2.24) is 0 Å². The van der Waals surface area contributed by atoms with Gasteiger partial charge in [-0.05, 0) is 42.7 Å². The number of hydrogen-bond acceptors (Lipinski definition) is 1. The van der Waals surface area contributed by atoms with Gasteiger partial charge in [0.05, 0.1) is 6.07 Å². The average Bonchev–Trinajstić information content (AvgIpc) is 2.95. The summed E-state index contributed by atoms with van der Waals surface area (Å²) in [5.74, 6) is 1.15. The number of nitriles is 1. The van der Waals surface area contributed by atoms with E-state index in [-0.39, 0.29) is 5.41 Å². The van der Waals surface area contributed by atoms with Crippen LogP contribution in [0.1, 0.15) is 38.7 Å². The smallest absolute Gasteiger partial charge is 0.0949 e. The maximum atomic E-state index is 9.45. The van der Waals surface area contributed by atoms with E-state index >= 15 is 0 Å². The van der Waals surface area contributed by atoms with Crippen molar-refractivity contribution in [1.29, 1.82) is 5.26 Å². The quantitative estimate of drug-likeness (QED) is 0.717. The van der Waals surface area contributed by atoms with Crippen LogP contribution in [0.2, 0.25) is 0 Å². The van der Waals surface area contributed by atoms with Crippen LogP contribution in [0, 0.1) is 23.2 Å². The molecule has 2 aliphatic rings. The first-order valence-corrected chi connectivity index (χ1v) is 6.86. The van der Waals surface area contributed by atoms with Gasteiger partial charge >= 0.3 is 0 Å². The summed E-state index contributed by atoms with van der Waals surface area (Å²) in [5.41, 5.74) is 3.84. The number of hydrogen-bond donors (Lipinski definition) is 0. The number of fused-ring (bicyclic) bond motifs is 1. The van der Waals surface area contributed by atoms with Crippen LogP contribution in [0.5, 0.6) is 0 Å². The largest absolute Gasteiger partial charge is 0.193 e. The van der Waals surface area contributed by atoms with Gasteiger partial charge in [-0.3, -0.25) is 0 Å². The van der Waals surface area contributed by atoms with Gasteiger partial charge in [-0.2, -0.15) is 5.26 Å². The molecular weight excluding hydrogens is 218 g/mol. The summed E-state index contributed by atoms with van der Waals surface area (Å²) in [6.45, 7) is 4.51. The van der Waals surface area contributed by atoms with Gasteiger partial charge in [0.1, 0.15) is 0 Å². The summed E-state index contributed by atoms with van der Waals surface area (Å²) in [7, 11) is 0. The van der Waals surface area contributed by atoms with Crippen LogP contribution in [0.4, 0.5) is 0 Å². The topological polar surface area (TPSA) is 23.8 Å². The molecule has 0 amide bonds. The van der Waals surface area contributed by atoms with E-state index in [1.807, 2.05) is 0 Å². The van der Waals surface area contributed by atoms with Crippen LogP contribution >= 0.6 is 0 Å². The predicted molar refractivity (Wildman–Crippen MR) is 72.9 cm³/mol. The van der Waals surface area contributed by atoms with Crippen molar-refractivity contribution in [2.24, 2.45) is 11.8 Å². The molecular formula is C17H19N. The van der Waals surface area contributed by atoms with Crippen molar-refractivity contribution in [2.75, 3.05) is 0 Å². The fourth-order valence-electron chi connectivity index (χ4n) is 4.21. The van der Waals surface area contributed by atoms with E-state index < -0.39 is 0 Å². The molecule has 0 N–H and O–H groups in total. The van der Waals surface area contributed by atoms with Gasteiger partial charge in [0.15, 0.2) is 0 Å². The predicted octanol–water partition coefficient (Wildman–Crippen LogP) is 4.21. The molecule has 3 rings (SSSR count). The minimum Gasteiger partial charge on any atom is -0.193 e. The Morgan fingerprint density at radius 3 is 2.61 bits per heavy atom. The zero-order chi connectivity index (χ0) is 12.8. The normalized spacial score (nSPS) is 34.5. The Hall–Kier alpha value is -1.55. The van der Waals surface area contributed by atoms with Crippen molar-refractivity contribution >= 4 is 0 Å². The van der Waals surface area contributed by atoms with Crippen LogP contribution in [0.25, 0.3) is 0 Å². The lowest BCUT2D eigenvalue weighted by Crippen LogP contribution is -2.30. The third kappa shape index (κ3) is 1.32. The van der Waals surface area contributed by atoms with Crippen molar-refractivity contribution in [3.05, 3.63) is 47.0 Å². The first-order valence-electron chi connectivity index (χ1n) is 6.86. The lowest BCUT2D eigenvalue weighted by molar-refractivity contribution is 0.331. The standard InChI is InChI=1S/C17H19N/c1-12-15(11-18)14-9-6-10-16(14)17(12,2)13-7-4-3-5-8-13/h3-5,7-8,14,16H,6,9-10H2,1-2H3/t14-,16-,17-/m1/s1. The first kappa shape index (κ1) is 11.5. The van der Waals surface area contributed by atoms with Crippen LogP contribution in [-0.4, -0.2) is 0 Å². The number of rotatable bonds is 1. The van der Waals surface area contributed by atoms with Crippen molar-refractivity contribution in [2.45, 2.75) is 38.5 Å². The lowest BCUT2D eigenvalue weighted by Gasteiger charge is -2.34. The van der Waals surface area contributed by atoms with Gasteiger partial charge in [0.2, 0.25) is 0 Å². The first-order chi connectivity index (χ1) is 8.69. The molecule has 1 heteroatoms. The van der Waals surface area contributed by atoms with Gasteiger partial charge in [-0.15, -0.1) is 0 Å². The molecule has 0 radical (unpaired) electrons. The molecule has 0 bridgehead atoms. The number of benzene rings is 1. The molecule has 2 aliphatic carbocycles. The van der Waals surface area contributed by atoms with E-state index in [1.165, 1.54) is 30.4 Å². The molecule has 3 atom stereocenters.